The first-order valence-electron chi connectivity index (χ1n) is 7.14. The number of amides is 2. The molecule has 0 spiro atoms. The van der Waals surface area contributed by atoms with Crippen molar-refractivity contribution >= 4 is 35.1 Å². The van der Waals surface area contributed by atoms with Crippen LogP contribution in [0.3, 0.4) is 0 Å². The number of benzene rings is 2. The summed E-state index contributed by atoms with van der Waals surface area (Å²) < 4.78 is 4.73. The Bertz CT molecular complexity index is 856. The molecule has 2 aromatic rings. The van der Waals surface area contributed by atoms with Crippen molar-refractivity contribution in [1.82, 2.24) is 10.9 Å². The summed E-state index contributed by atoms with van der Waals surface area (Å²) in [6.07, 6.45) is 0. The van der Waals surface area contributed by atoms with E-state index >= 15 is 0 Å². The molecule has 0 saturated heterocycles. The van der Waals surface area contributed by atoms with Gasteiger partial charge in [-0.05, 0) is 18.2 Å². The molecule has 0 aliphatic rings. The molecule has 2 rings (SSSR count). The fraction of sp³-hybridized carbons (Fsp3) is 0.0625. The van der Waals surface area contributed by atoms with E-state index in [0.29, 0.717) is 5.56 Å². The topological polar surface area (TPSA) is 128 Å². The molecule has 0 bridgehead atoms. The maximum atomic E-state index is 11.9. The monoisotopic (exact) mass is 377 g/mol. The van der Waals surface area contributed by atoms with E-state index in [1.54, 1.807) is 30.3 Å². The van der Waals surface area contributed by atoms with E-state index < -0.39 is 29.3 Å². The molecule has 0 atom stereocenters. The molecule has 2 N–H and O–H groups in total. The molecule has 0 aliphatic heterocycles. The largest absolute Gasteiger partial charge is 0.452 e. The van der Waals surface area contributed by atoms with Gasteiger partial charge in [-0.15, -0.1) is 0 Å². The summed E-state index contributed by atoms with van der Waals surface area (Å²) in [4.78, 5) is 45.3. The molecule has 0 heterocycles. The summed E-state index contributed by atoms with van der Waals surface area (Å²) in [5.74, 6) is -2.36. The lowest BCUT2D eigenvalue weighted by molar-refractivity contribution is -0.384. The molecule has 2 aromatic carbocycles. The number of esters is 1. The normalized spacial score (nSPS) is 9.88. The molecule has 0 saturated carbocycles. The molecule has 10 heteroatoms. The van der Waals surface area contributed by atoms with Gasteiger partial charge in [-0.1, -0.05) is 29.8 Å². The van der Waals surface area contributed by atoms with Gasteiger partial charge < -0.3 is 4.74 Å². The van der Waals surface area contributed by atoms with Crippen molar-refractivity contribution in [3.63, 3.8) is 0 Å². The first-order valence-corrected chi connectivity index (χ1v) is 7.51. The quantitative estimate of drug-likeness (QED) is 0.465. The van der Waals surface area contributed by atoms with Gasteiger partial charge in [0.1, 0.15) is 0 Å². The van der Waals surface area contributed by atoms with Crippen molar-refractivity contribution in [1.29, 1.82) is 0 Å². The van der Waals surface area contributed by atoms with Crippen molar-refractivity contribution in [2.75, 3.05) is 6.61 Å². The number of carbonyl (C=O) groups is 3. The van der Waals surface area contributed by atoms with Gasteiger partial charge in [0.15, 0.2) is 6.61 Å². The van der Waals surface area contributed by atoms with Gasteiger partial charge >= 0.3 is 5.97 Å². The molecule has 0 fully saturated rings. The van der Waals surface area contributed by atoms with Crippen LogP contribution < -0.4 is 10.9 Å². The molecular formula is C16H12ClN3O6. The number of hydrazine groups is 1. The Morgan fingerprint density at radius 1 is 1.08 bits per heavy atom. The molecule has 0 aromatic heterocycles. The van der Waals surface area contributed by atoms with E-state index in [1.807, 2.05) is 0 Å². The lowest BCUT2D eigenvalue weighted by Crippen LogP contribution is -2.43. The minimum absolute atomic E-state index is 0.0570. The zero-order valence-electron chi connectivity index (χ0n) is 13.1. The Kier molecular flexibility index (Phi) is 6.23. The van der Waals surface area contributed by atoms with Crippen LogP contribution in [0, 0.1) is 10.1 Å². The molecular weight excluding hydrogens is 366 g/mol. The van der Waals surface area contributed by atoms with Crippen molar-refractivity contribution in [2.24, 2.45) is 0 Å². The summed E-state index contributed by atoms with van der Waals surface area (Å²) >= 11 is 5.80. The number of rotatable bonds is 5. The second-order valence-electron chi connectivity index (χ2n) is 4.87. The number of hydrogen-bond acceptors (Lipinski definition) is 6. The van der Waals surface area contributed by atoms with Crippen LogP contribution in [0.5, 0.6) is 0 Å². The Labute approximate surface area is 152 Å². The third kappa shape index (κ3) is 5.02. The van der Waals surface area contributed by atoms with Crippen LogP contribution >= 0.6 is 11.6 Å². The van der Waals surface area contributed by atoms with Crippen LogP contribution in [0.25, 0.3) is 0 Å². The number of halogens is 1. The Hall–Kier alpha value is -3.46. The lowest BCUT2D eigenvalue weighted by atomic mass is 10.2. The highest BCUT2D eigenvalue weighted by Gasteiger charge is 2.18. The predicted octanol–water partition coefficient (Wildman–Crippen LogP) is 1.87. The summed E-state index contributed by atoms with van der Waals surface area (Å²) in [5, 5.41) is 10.7. The smallest absolute Gasteiger partial charge is 0.340 e. The number of ether oxygens (including phenoxy) is 1. The van der Waals surface area contributed by atoms with Crippen LogP contribution in [-0.2, 0) is 9.53 Å². The van der Waals surface area contributed by atoms with Gasteiger partial charge in [0.2, 0.25) is 0 Å². The number of nitro groups is 1. The molecule has 0 aliphatic carbocycles. The van der Waals surface area contributed by atoms with E-state index in [-0.39, 0.29) is 16.3 Å². The Balaban J connectivity index is 1.87. The third-order valence-corrected chi connectivity index (χ3v) is 3.40. The highest BCUT2D eigenvalue weighted by atomic mass is 35.5. The first kappa shape index (κ1) is 18.9. The van der Waals surface area contributed by atoms with Crippen LogP contribution in [0.2, 0.25) is 5.02 Å². The number of hydrogen-bond donors (Lipinski definition) is 2. The molecule has 9 nitrogen and oxygen atoms in total. The SMILES string of the molecule is O=C(COC(=O)c1cc([N+](=O)[O-])ccc1Cl)NNC(=O)c1ccccc1. The fourth-order valence-corrected chi connectivity index (χ4v) is 2.01. The number of nitro benzene ring substituents is 1. The highest BCUT2D eigenvalue weighted by molar-refractivity contribution is 6.33. The van der Waals surface area contributed by atoms with Crippen LogP contribution in [0.1, 0.15) is 20.7 Å². The average Bonchev–Trinajstić information content (AvgIpc) is 2.65. The Morgan fingerprint density at radius 2 is 1.77 bits per heavy atom. The fourth-order valence-electron chi connectivity index (χ4n) is 1.82. The van der Waals surface area contributed by atoms with E-state index in [4.69, 9.17) is 16.3 Å². The van der Waals surface area contributed by atoms with E-state index in [9.17, 15) is 24.5 Å². The lowest BCUT2D eigenvalue weighted by Gasteiger charge is -2.08. The predicted molar refractivity (Wildman–Crippen MR) is 90.4 cm³/mol. The Morgan fingerprint density at radius 3 is 2.42 bits per heavy atom. The minimum Gasteiger partial charge on any atom is -0.452 e. The zero-order chi connectivity index (χ0) is 19.1. The number of nitrogens with one attached hydrogen (secondary N) is 2. The molecule has 2 amide bonds. The van der Waals surface area contributed by atoms with Crippen molar-refractivity contribution < 1.29 is 24.0 Å². The van der Waals surface area contributed by atoms with Gasteiger partial charge in [-0.25, -0.2) is 4.79 Å². The minimum atomic E-state index is -1.01. The maximum absolute atomic E-state index is 11.9. The van der Waals surface area contributed by atoms with Gasteiger partial charge in [0.25, 0.3) is 17.5 Å². The number of nitrogens with zero attached hydrogens (tertiary/aromatic N) is 1. The average molecular weight is 378 g/mol. The summed E-state index contributed by atoms with van der Waals surface area (Å²) in [5.41, 5.74) is 3.96. The third-order valence-electron chi connectivity index (χ3n) is 3.07. The van der Waals surface area contributed by atoms with Crippen molar-refractivity contribution in [3.8, 4) is 0 Å². The van der Waals surface area contributed by atoms with E-state index in [0.717, 1.165) is 12.1 Å². The highest BCUT2D eigenvalue weighted by Crippen LogP contribution is 2.22. The van der Waals surface area contributed by atoms with Gasteiger partial charge in [-0.2, -0.15) is 0 Å². The number of carbonyl (C=O) groups excluding carboxylic acids is 3. The molecule has 26 heavy (non-hydrogen) atoms. The summed E-state index contributed by atoms with van der Waals surface area (Å²) in [6.45, 7) is -0.715. The van der Waals surface area contributed by atoms with E-state index in [2.05, 4.69) is 10.9 Å². The van der Waals surface area contributed by atoms with Gasteiger partial charge in [0.05, 0.1) is 15.5 Å². The molecule has 0 radical (unpaired) electrons. The number of non-ortho nitro benzene ring substituents is 1. The zero-order valence-corrected chi connectivity index (χ0v) is 13.9. The van der Waals surface area contributed by atoms with Gasteiger partial charge in [0, 0.05) is 17.7 Å². The van der Waals surface area contributed by atoms with Gasteiger partial charge in [-0.3, -0.25) is 30.6 Å². The summed E-state index contributed by atoms with van der Waals surface area (Å²) in [7, 11) is 0. The van der Waals surface area contributed by atoms with Crippen LogP contribution in [-0.4, -0.2) is 29.3 Å². The van der Waals surface area contributed by atoms with Crippen LogP contribution in [0.4, 0.5) is 5.69 Å². The second-order valence-corrected chi connectivity index (χ2v) is 5.27. The second kappa shape index (κ2) is 8.58. The maximum Gasteiger partial charge on any atom is 0.340 e. The summed E-state index contributed by atoms with van der Waals surface area (Å²) in [6, 6.07) is 11.4. The van der Waals surface area contributed by atoms with Crippen molar-refractivity contribution in [2.45, 2.75) is 0 Å². The molecule has 134 valence electrons. The van der Waals surface area contributed by atoms with Crippen molar-refractivity contribution in [3.05, 3.63) is 74.8 Å². The van der Waals surface area contributed by atoms with E-state index in [1.165, 1.54) is 6.07 Å². The van der Waals surface area contributed by atoms with Crippen LogP contribution in [0.15, 0.2) is 48.5 Å². The molecule has 0 unspecified atom stereocenters. The first-order chi connectivity index (χ1) is 12.4. The standard InChI is InChI=1S/C16H12ClN3O6/c17-13-7-6-11(20(24)25)8-12(13)16(23)26-9-14(21)18-19-15(22)10-4-2-1-3-5-10/h1-8H,9H2,(H,18,21)(H,19,22).